The van der Waals surface area contributed by atoms with Crippen LogP contribution in [0.3, 0.4) is 0 Å². The zero-order valence-corrected chi connectivity index (χ0v) is 18.0. The van der Waals surface area contributed by atoms with Crippen molar-refractivity contribution in [3.05, 3.63) is 30.4 Å². The summed E-state index contributed by atoms with van der Waals surface area (Å²) in [6.07, 6.45) is 7.07. The minimum absolute atomic E-state index is 0.0230. The molecule has 0 aromatic carbocycles. The number of hydrogen-bond donors (Lipinski definition) is 1. The molecule has 2 fully saturated rings. The van der Waals surface area contributed by atoms with E-state index in [1.165, 1.54) is 0 Å². The molecular formula is C22H28N6O4. The first-order chi connectivity index (χ1) is 15.6. The van der Waals surface area contributed by atoms with E-state index in [-0.39, 0.29) is 36.6 Å². The number of carbonyl (C=O) groups excluding carboxylic acids is 3. The van der Waals surface area contributed by atoms with Crippen molar-refractivity contribution in [3.8, 4) is 11.4 Å². The zero-order chi connectivity index (χ0) is 22.3. The fourth-order valence-electron chi connectivity index (χ4n) is 4.14. The molecule has 2 aromatic rings. The highest BCUT2D eigenvalue weighted by Gasteiger charge is 2.26. The van der Waals surface area contributed by atoms with Crippen LogP contribution in [0.15, 0.2) is 29.0 Å². The van der Waals surface area contributed by atoms with Gasteiger partial charge in [0.1, 0.15) is 0 Å². The summed E-state index contributed by atoms with van der Waals surface area (Å²) in [5.41, 5.74) is 0.778. The molecule has 4 heterocycles. The van der Waals surface area contributed by atoms with Gasteiger partial charge in [0.15, 0.2) is 0 Å². The molecule has 1 atom stereocenters. The molecular weight excluding hydrogens is 412 g/mol. The van der Waals surface area contributed by atoms with Crippen molar-refractivity contribution in [2.24, 2.45) is 0 Å². The van der Waals surface area contributed by atoms with Gasteiger partial charge in [0, 0.05) is 62.9 Å². The average Bonchev–Trinajstić information content (AvgIpc) is 3.44. The maximum atomic E-state index is 12.8. The number of pyridine rings is 1. The van der Waals surface area contributed by atoms with E-state index in [0.717, 1.165) is 24.8 Å². The predicted molar refractivity (Wildman–Crippen MR) is 114 cm³/mol. The Morgan fingerprint density at radius 3 is 2.84 bits per heavy atom. The lowest BCUT2D eigenvalue weighted by Crippen LogP contribution is -2.42. The Balaban J connectivity index is 1.41. The Morgan fingerprint density at radius 1 is 1.16 bits per heavy atom. The number of hydrogen-bond acceptors (Lipinski definition) is 7. The Hall–Kier alpha value is -3.30. The monoisotopic (exact) mass is 440 g/mol. The number of nitrogens with zero attached hydrogens (tertiary/aromatic N) is 5. The van der Waals surface area contributed by atoms with Gasteiger partial charge in [-0.05, 0) is 37.8 Å². The minimum atomic E-state index is -0.111. The van der Waals surface area contributed by atoms with Crippen LogP contribution in [-0.2, 0) is 14.4 Å². The van der Waals surface area contributed by atoms with E-state index >= 15 is 0 Å². The zero-order valence-electron chi connectivity index (χ0n) is 18.0. The summed E-state index contributed by atoms with van der Waals surface area (Å²) in [4.78, 5) is 48.9. The van der Waals surface area contributed by atoms with Crippen molar-refractivity contribution >= 4 is 17.7 Å². The predicted octanol–water partition coefficient (Wildman–Crippen LogP) is 1.36. The summed E-state index contributed by atoms with van der Waals surface area (Å²) < 4.78 is 5.53. The van der Waals surface area contributed by atoms with Crippen molar-refractivity contribution in [3.63, 3.8) is 0 Å². The first-order valence-electron chi connectivity index (χ1n) is 11.2. The molecule has 0 spiro atoms. The molecule has 3 amide bonds. The van der Waals surface area contributed by atoms with Crippen molar-refractivity contribution in [2.75, 3.05) is 32.7 Å². The fourth-order valence-corrected chi connectivity index (χ4v) is 4.14. The van der Waals surface area contributed by atoms with E-state index < -0.39 is 0 Å². The summed E-state index contributed by atoms with van der Waals surface area (Å²) in [6, 6.07) is 3.68. The summed E-state index contributed by atoms with van der Waals surface area (Å²) in [5, 5.41) is 7.00. The van der Waals surface area contributed by atoms with Crippen LogP contribution in [0.2, 0.25) is 0 Å². The van der Waals surface area contributed by atoms with Crippen LogP contribution in [0.1, 0.15) is 50.3 Å². The molecule has 2 aliphatic heterocycles. The van der Waals surface area contributed by atoms with E-state index in [9.17, 15) is 14.4 Å². The second-order valence-corrected chi connectivity index (χ2v) is 8.23. The van der Waals surface area contributed by atoms with Crippen LogP contribution < -0.4 is 5.32 Å². The van der Waals surface area contributed by atoms with Gasteiger partial charge in [-0.25, -0.2) is 0 Å². The third kappa shape index (κ3) is 5.49. The molecule has 2 aromatic heterocycles. The molecule has 1 unspecified atom stereocenters. The van der Waals surface area contributed by atoms with Gasteiger partial charge in [-0.2, -0.15) is 4.98 Å². The number of carbonyl (C=O) groups is 3. The van der Waals surface area contributed by atoms with E-state index in [2.05, 4.69) is 20.4 Å². The van der Waals surface area contributed by atoms with Crippen molar-refractivity contribution < 1.29 is 18.9 Å². The second kappa shape index (κ2) is 10.3. The summed E-state index contributed by atoms with van der Waals surface area (Å²) >= 11 is 0. The summed E-state index contributed by atoms with van der Waals surface area (Å²) in [6.45, 7) is 2.08. The Morgan fingerprint density at radius 2 is 2.06 bits per heavy atom. The van der Waals surface area contributed by atoms with E-state index in [4.69, 9.17) is 4.52 Å². The molecule has 1 N–H and O–H groups in total. The number of likely N-dealkylation sites (tertiary alicyclic amines) is 1. The lowest BCUT2D eigenvalue weighted by Gasteiger charge is -2.25. The van der Waals surface area contributed by atoms with Gasteiger partial charge >= 0.3 is 0 Å². The smallest absolute Gasteiger partial charge is 0.242 e. The molecule has 2 saturated heterocycles. The standard InChI is InChI=1S/C22H28N6O4/c29-18-8-13-27(20(31)15-28-12-3-6-19(28)30)11-2-5-16(7-10-24-18)22-25-21(26-32-22)17-4-1-9-23-14-17/h1,4,9,14,16H,2-3,5-8,10-13,15H2,(H,24,29). The van der Waals surface area contributed by atoms with Gasteiger partial charge in [-0.3, -0.25) is 19.4 Å². The Kier molecular flexibility index (Phi) is 7.08. The third-order valence-electron chi connectivity index (χ3n) is 5.97. The van der Waals surface area contributed by atoms with Crippen LogP contribution in [0.25, 0.3) is 11.4 Å². The largest absolute Gasteiger partial charge is 0.356 e. The van der Waals surface area contributed by atoms with Crippen LogP contribution >= 0.6 is 0 Å². The molecule has 0 radical (unpaired) electrons. The lowest BCUT2D eigenvalue weighted by molar-refractivity contribution is -0.138. The maximum absolute atomic E-state index is 12.8. The van der Waals surface area contributed by atoms with Gasteiger partial charge < -0.3 is 19.6 Å². The van der Waals surface area contributed by atoms with Gasteiger partial charge in [-0.1, -0.05) is 5.16 Å². The van der Waals surface area contributed by atoms with Gasteiger partial charge in [0.25, 0.3) is 0 Å². The van der Waals surface area contributed by atoms with Crippen molar-refractivity contribution in [1.29, 1.82) is 0 Å². The van der Waals surface area contributed by atoms with Crippen molar-refractivity contribution in [1.82, 2.24) is 30.2 Å². The van der Waals surface area contributed by atoms with Gasteiger partial charge in [0.2, 0.25) is 29.4 Å². The highest BCUT2D eigenvalue weighted by molar-refractivity contribution is 5.86. The number of rotatable bonds is 4. The number of amides is 3. The van der Waals surface area contributed by atoms with Crippen molar-refractivity contribution in [2.45, 2.75) is 44.4 Å². The molecule has 0 bridgehead atoms. The SMILES string of the molecule is O=C1CCN(C(=O)CN2CCCC2=O)CCCC(c2nc(-c3cccnc3)no2)CCN1. The maximum Gasteiger partial charge on any atom is 0.242 e. The van der Waals surface area contributed by atoms with Crippen LogP contribution in [0.4, 0.5) is 0 Å². The van der Waals surface area contributed by atoms with E-state index in [1.807, 2.05) is 12.1 Å². The van der Waals surface area contributed by atoms with E-state index in [0.29, 0.717) is 50.7 Å². The summed E-state index contributed by atoms with van der Waals surface area (Å²) in [5.74, 6) is 0.803. The molecule has 32 heavy (non-hydrogen) atoms. The highest BCUT2D eigenvalue weighted by Crippen LogP contribution is 2.26. The van der Waals surface area contributed by atoms with E-state index in [1.54, 1.807) is 22.2 Å². The highest BCUT2D eigenvalue weighted by atomic mass is 16.5. The topological polar surface area (TPSA) is 122 Å². The molecule has 0 aliphatic carbocycles. The van der Waals surface area contributed by atoms with Gasteiger partial charge in [0.05, 0.1) is 6.54 Å². The molecule has 0 saturated carbocycles. The van der Waals surface area contributed by atoms with Gasteiger partial charge in [-0.15, -0.1) is 0 Å². The lowest BCUT2D eigenvalue weighted by atomic mass is 9.99. The Labute approximate surface area is 186 Å². The molecule has 10 nitrogen and oxygen atoms in total. The van der Waals surface area contributed by atoms with Crippen LogP contribution in [0, 0.1) is 0 Å². The first kappa shape index (κ1) is 21.9. The second-order valence-electron chi connectivity index (χ2n) is 8.23. The Bertz CT molecular complexity index is 947. The first-order valence-corrected chi connectivity index (χ1v) is 11.2. The molecule has 2 aliphatic rings. The molecule has 170 valence electrons. The number of nitrogens with one attached hydrogen (secondary N) is 1. The van der Waals surface area contributed by atoms with Crippen LogP contribution in [-0.4, -0.2) is 75.4 Å². The van der Waals surface area contributed by atoms with Crippen LogP contribution in [0.5, 0.6) is 0 Å². The quantitative estimate of drug-likeness (QED) is 0.762. The minimum Gasteiger partial charge on any atom is -0.356 e. The molecule has 4 rings (SSSR count). The third-order valence-corrected chi connectivity index (χ3v) is 5.97. The fraction of sp³-hybridized carbons (Fsp3) is 0.545. The molecule has 10 heteroatoms. The summed E-state index contributed by atoms with van der Waals surface area (Å²) in [7, 11) is 0. The average molecular weight is 441 g/mol. The number of aromatic nitrogens is 3. The normalized spacial score (nSPS) is 20.7.